The second kappa shape index (κ2) is 7.27. The van der Waals surface area contributed by atoms with E-state index in [-0.39, 0.29) is 41.5 Å². The lowest BCUT2D eigenvalue weighted by Gasteiger charge is -2.36. The molecule has 35 heavy (non-hydrogen) atoms. The van der Waals surface area contributed by atoms with Crippen molar-refractivity contribution in [3.05, 3.63) is 50.6 Å². The van der Waals surface area contributed by atoms with E-state index in [9.17, 15) is 14.7 Å². The van der Waals surface area contributed by atoms with Crippen LogP contribution in [0, 0.1) is 12.7 Å². The van der Waals surface area contributed by atoms with E-state index in [1.807, 2.05) is 6.92 Å². The monoisotopic (exact) mass is 479 g/mol. The van der Waals surface area contributed by atoms with Crippen molar-refractivity contribution >= 4 is 22.6 Å². The van der Waals surface area contributed by atoms with Gasteiger partial charge < -0.3 is 24.0 Å². The van der Waals surface area contributed by atoms with Gasteiger partial charge in [0.25, 0.3) is 5.56 Å². The fourth-order valence-electron chi connectivity index (χ4n) is 5.68. The maximum absolute atomic E-state index is 15.2. The van der Waals surface area contributed by atoms with Crippen LogP contribution in [0.3, 0.4) is 0 Å². The molecular formula is C26H26FN3O5. The van der Waals surface area contributed by atoms with Crippen LogP contribution in [0.4, 0.5) is 10.1 Å². The maximum Gasteiger partial charge on any atom is 0.343 e. The first-order valence-electron chi connectivity index (χ1n) is 11.9. The molecule has 182 valence electrons. The first kappa shape index (κ1) is 22.0. The Hall–Kier alpha value is -3.46. The Kier molecular flexibility index (Phi) is 4.58. The van der Waals surface area contributed by atoms with Crippen LogP contribution in [0.2, 0.25) is 0 Å². The molecule has 6 rings (SSSR count). The summed E-state index contributed by atoms with van der Waals surface area (Å²) in [5.74, 6) is -1.01. The molecule has 0 spiro atoms. The predicted molar refractivity (Wildman–Crippen MR) is 127 cm³/mol. The molecule has 3 aliphatic rings. The highest BCUT2D eigenvalue weighted by atomic mass is 19.1. The predicted octanol–water partition coefficient (Wildman–Crippen LogP) is 3.13. The number of anilines is 1. The number of benzene rings is 1. The molecule has 1 atom stereocenters. The van der Waals surface area contributed by atoms with Crippen LogP contribution in [0.1, 0.15) is 49.4 Å². The minimum Gasteiger partial charge on any atom is -0.486 e. The lowest BCUT2D eigenvalue weighted by Crippen LogP contribution is -2.44. The van der Waals surface area contributed by atoms with Crippen LogP contribution in [-0.2, 0) is 28.3 Å². The first-order chi connectivity index (χ1) is 16.7. The molecular weight excluding hydrogens is 453 g/mol. The van der Waals surface area contributed by atoms with Gasteiger partial charge in [-0.2, -0.15) is 0 Å². The average molecular weight is 480 g/mol. The van der Waals surface area contributed by atoms with Crippen LogP contribution in [0.5, 0.6) is 5.75 Å². The number of aryl methyl sites for hydroxylation is 1. The van der Waals surface area contributed by atoms with Gasteiger partial charge in [-0.05, 0) is 38.8 Å². The van der Waals surface area contributed by atoms with Crippen LogP contribution in [0.25, 0.3) is 22.3 Å². The molecule has 0 radical (unpaired) electrons. The highest BCUT2D eigenvalue weighted by Gasteiger charge is 2.45. The quantitative estimate of drug-likeness (QED) is 0.442. The molecule has 0 saturated heterocycles. The van der Waals surface area contributed by atoms with Crippen LogP contribution in [-0.4, -0.2) is 39.8 Å². The van der Waals surface area contributed by atoms with E-state index in [1.54, 1.807) is 17.6 Å². The third kappa shape index (κ3) is 2.78. The molecule has 0 bridgehead atoms. The molecule has 0 amide bonds. The standard InChI is InChI=1S/C26H26FN3O5/c1-5-26(33)16-8-19-21-14(10-30(19)24(31)15(16)11-35-25(26)32)13(4)20-18(28-21)9-17(27)23-22(20)29(12(2)3)6-7-34-23/h8-9,12,33H,5-7,10-11H2,1-4H3/t26-/m0/s1. The van der Waals surface area contributed by atoms with Gasteiger partial charge in [-0.3, -0.25) is 4.79 Å². The van der Waals surface area contributed by atoms with Gasteiger partial charge in [0.2, 0.25) is 0 Å². The second-order valence-electron chi connectivity index (χ2n) is 9.73. The largest absolute Gasteiger partial charge is 0.486 e. The number of cyclic esters (lactones) is 1. The molecule has 3 aliphatic heterocycles. The third-order valence-electron chi connectivity index (χ3n) is 7.62. The zero-order valence-corrected chi connectivity index (χ0v) is 20.1. The number of aromatic nitrogens is 2. The summed E-state index contributed by atoms with van der Waals surface area (Å²) >= 11 is 0. The number of nitrogens with zero attached hydrogens (tertiary/aromatic N) is 3. The van der Waals surface area contributed by atoms with Gasteiger partial charge in [-0.25, -0.2) is 14.2 Å². The Morgan fingerprint density at radius 3 is 2.71 bits per heavy atom. The lowest BCUT2D eigenvalue weighted by atomic mass is 9.86. The van der Waals surface area contributed by atoms with Crippen LogP contribution >= 0.6 is 0 Å². The first-order valence-corrected chi connectivity index (χ1v) is 11.9. The van der Waals surface area contributed by atoms with Gasteiger partial charge in [-0.1, -0.05) is 6.92 Å². The van der Waals surface area contributed by atoms with Gasteiger partial charge in [0.1, 0.15) is 13.2 Å². The summed E-state index contributed by atoms with van der Waals surface area (Å²) < 4.78 is 27.6. The Bertz CT molecular complexity index is 1510. The van der Waals surface area contributed by atoms with E-state index >= 15 is 4.39 Å². The number of aliphatic hydroxyl groups is 1. The number of halogens is 1. The van der Waals surface area contributed by atoms with Crippen molar-refractivity contribution in [3.8, 4) is 17.1 Å². The number of pyridine rings is 2. The molecule has 5 heterocycles. The molecule has 1 aromatic carbocycles. The average Bonchev–Trinajstić information content (AvgIpc) is 3.21. The minimum absolute atomic E-state index is 0.0706. The number of fused-ring (bicyclic) bond motifs is 7. The molecule has 9 heteroatoms. The number of carbonyl (C=O) groups is 1. The molecule has 0 unspecified atom stereocenters. The summed E-state index contributed by atoms with van der Waals surface area (Å²) in [6.07, 6.45) is 0.0706. The van der Waals surface area contributed by atoms with E-state index in [2.05, 4.69) is 18.7 Å². The molecule has 0 saturated carbocycles. The van der Waals surface area contributed by atoms with Gasteiger partial charge in [0, 0.05) is 28.6 Å². The summed E-state index contributed by atoms with van der Waals surface area (Å²) in [6.45, 7) is 8.88. The normalized spacial score (nSPS) is 20.3. The Labute approximate surface area is 200 Å². The Morgan fingerprint density at radius 1 is 1.23 bits per heavy atom. The van der Waals surface area contributed by atoms with E-state index < -0.39 is 17.4 Å². The van der Waals surface area contributed by atoms with Crippen molar-refractivity contribution in [3.63, 3.8) is 0 Å². The highest BCUT2D eigenvalue weighted by Crippen LogP contribution is 2.46. The van der Waals surface area contributed by atoms with E-state index in [4.69, 9.17) is 14.5 Å². The molecule has 8 nitrogen and oxygen atoms in total. The number of esters is 1. The zero-order valence-electron chi connectivity index (χ0n) is 20.1. The smallest absolute Gasteiger partial charge is 0.343 e. The summed E-state index contributed by atoms with van der Waals surface area (Å²) in [4.78, 5) is 32.8. The van der Waals surface area contributed by atoms with Crippen molar-refractivity contribution < 1.29 is 23.8 Å². The van der Waals surface area contributed by atoms with E-state index in [1.165, 1.54) is 6.07 Å². The van der Waals surface area contributed by atoms with E-state index in [0.29, 0.717) is 42.3 Å². The third-order valence-corrected chi connectivity index (χ3v) is 7.62. The van der Waals surface area contributed by atoms with Crippen LogP contribution in [0.15, 0.2) is 16.9 Å². The summed E-state index contributed by atoms with van der Waals surface area (Å²) in [5, 5.41) is 11.9. The molecule has 3 aromatic rings. The topological polar surface area (TPSA) is 93.9 Å². The van der Waals surface area contributed by atoms with Gasteiger partial charge >= 0.3 is 5.97 Å². The molecule has 2 aromatic heterocycles. The Morgan fingerprint density at radius 2 is 2.00 bits per heavy atom. The van der Waals surface area contributed by atoms with Gasteiger partial charge in [0.05, 0.1) is 41.2 Å². The summed E-state index contributed by atoms with van der Waals surface area (Å²) in [6, 6.07) is 3.18. The van der Waals surface area contributed by atoms with Crippen molar-refractivity contribution in [2.75, 3.05) is 18.1 Å². The number of hydrogen-bond donors (Lipinski definition) is 1. The highest BCUT2D eigenvalue weighted by molar-refractivity contribution is 6.01. The fraction of sp³-hybridized carbons (Fsp3) is 0.423. The second-order valence-corrected chi connectivity index (χ2v) is 9.73. The van der Waals surface area contributed by atoms with Gasteiger partial charge in [-0.15, -0.1) is 0 Å². The number of ether oxygens (including phenoxy) is 2. The van der Waals surface area contributed by atoms with E-state index in [0.717, 1.165) is 16.5 Å². The van der Waals surface area contributed by atoms with Crippen molar-refractivity contribution in [1.29, 1.82) is 0 Å². The number of carbonyl (C=O) groups excluding carboxylic acids is 1. The summed E-state index contributed by atoms with van der Waals surface area (Å²) in [5.41, 5.74) is 2.30. The van der Waals surface area contributed by atoms with Crippen molar-refractivity contribution in [1.82, 2.24) is 9.55 Å². The maximum atomic E-state index is 15.2. The minimum atomic E-state index is -1.89. The molecule has 0 aliphatic carbocycles. The fourth-order valence-corrected chi connectivity index (χ4v) is 5.68. The van der Waals surface area contributed by atoms with Crippen LogP contribution < -0.4 is 15.2 Å². The molecule has 1 N–H and O–H groups in total. The zero-order chi connectivity index (χ0) is 24.8. The molecule has 0 fully saturated rings. The SMILES string of the molecule is CC[C@@]1(O)C(=O)OCc2c1cc1n(c2=O)Cc2c-1nc1cc(F)c3c(c1c2C)N(C(C)C)CCO3. The Balaban J connectivity index is 1.65. The number of hydrogen-bond acceptors (Lipinski definition) is 7. The van der Waals surface area contributed by atoms with Crippen molar-refractivity contribution in [2.45, 2.75) is 58.9 Å². The van der Waals surface area contributed by atoms with Gasteiger partial charge in [0.15, 0.2) is 17.2 Å². The van der Waals surface area contributed by atoms with Crippen molar-refractivity contribution in [2.24, 2.45) is 0 Å². The number of rotatable bonds is 2. The summed E-state index contributed by atoms with van der Waals surface area (Å²) in [7, 11) is 0. The lowest BCUT2D eigenvalue weighted by molar-refractivity contribution is -0.172.